The average Bonchev–Trinajstić information content (AvgIpc) is 2.34. The minimum absolute atomic E-state index is 0.0752. The fourth-order valence-electron chi connectivity index (χ4n) is 2.02. The molecule has 1 saturated heterocycles. The summed E-state index contributed by atoms with van der Waals surface area (Å²) < 4.78 is 0. The van der Waals surface area contributed by atoms with Gasteiger partial charge in [0.1, 0.15) is 5.54 Å². The minimum atomic E-state index is -0.741. The first-order valence-electron chi connectivity index (χ1n) is 5.76. The van der Waals surface area contributed by atoms with Crippen LogP contribution in [-0.2, 0) is 4.79 Å². The molecule has 1 aliphatic heterocycles. The number of carbonyl (C=O) groups is 1. The van der Waals surface area contributed by atoms with Crippen molar-refractivity contribution >= 4 is 40.7 Å². The molecular formula is C11H15Cl2N5O. The maximum atomic E-state index is 11.9. The van der Waals surface area contributed by atoms with E-state index in [4.69, 9.17) is 29.0 Å². The predicted molar refractivity (Wildman–Crippen MR) is 76.5 cm³/mol. The molecule has 1 fully saturated rings. The summed E-state index contributed by atoms with van der Waals surface area (Å²) in [4.78, 5) is 18.1. The van der Waals surface area contributed by atoms with Gasteiger partial charge in [-0.1, -0.05) is 23.2 Å². The van der Waals surface area contributed by atoms with Crippen molar-refractivity contribution in [3.8, 4) is 0 Å². The molecule has 0 saturated carbocycles. The summed E-state index contributed by atoms with van der Waals surface area (Å²) >= 11 is 12.1. The number of aromatic nitrogens is 1. The van der Waals surface area contributed by atoms with E-state index in [-0.39, 0.29) is 5.91 Å². The van der Waals surface area contributed by atoms with Gasteiger partial charge in [0.05, 0.1) is 10.0 Å². The highest BCUT2D eigenvalue weighted by atomic mass is 35.5. The molecule has 0 spiro atoms. The van der Waals surface area contributed by atoms with Crippen molar-refractivity contribution in [3.05, 3.63) is 16.1 Å². The van der Waals surface area contributed by atoms with Gasteiger partial charge in [-0.3, -0.25) is 4.79 Å². The van der Waals surface area contributed by atoms with Crippen LogP contribution in [0.25, 0.3) is 0 Å². The summed E-state index contributed by atoms with van der Waals surface area (Å²) in [6, 6.07) is 1.56. The number of nitrogens with two attached hydrogens (primary N) is 1. The van der Waals surface area contributed by atoms with E-state index >= 15 is 0 Å². The Hall–Kier alpha value is -1.24. The van der Waals surface area contributed by atoms with Gasteiger partial charge in [-0.15, -0.1) is 0 Å². The number of nitrogens with one attached hydrogen (secondary N) is 2. The minimum Gasteiger partial charge on any atom is -0.352 e. The number of anilines is 2. The van der Waals surface area contributed by atoms with Crippen molar-refractivity contribution in [2.24, 2.45) is 5.84 Å². The standard InChI is InChI=1S/C11H15Cl2N5O/c1-11(2)10(19)15-3-4-18(11)9-7(13)5-6(12)8(16-9)17-14/h5H,3-4,14H2,1-2H3,(H,15,19)(H,16,17). The van der Waals surface area contributed by atoms with Crippen molar-refractivity contribution in [1.82, 2.24) is 10.3 Å². The highest BCUT2D eigenvalue weighted by Crippen LogP contribution is 2.35. The first kappa shape index (κ1) is 14.2. The van der Waals surface area contributed by atoms with Gasteiger partial charge in [0.2, 0.25) is 5.91 Å². The summed E-state index contributed by atoms with van der Waals surface area (Å²) in [5, 5.41) is 3.52. The Kier molecular flexibility index (Phi) is 3.75. The first-order valence-corrected chi connectivity index (χ1v) is 6.52. The molecule has 6 nitrogen and oxygen atoms in total. The lowest BCUT2D eigenvalue weighted by Crippen LogP contribution is -2.62. The molecule has 0 aromatic carbocycles. The Morgan fingerprint density at radius 1 is 1.47 bits per heavy atom. The van der Waals surface area contributed by atoms with Gasteiger partial charge in [-0.2, -0.15) is 0 Å². The van der Waals surface area contributed by atoms with Crippen molar-refractivity contribution in [1.29, 1.82) is 0 Å². The molecule has 1 amide bonds. The van der Waals surface area contributed by atoms with Crippen LogP contribution in [0.15, 0.2) is 6.07 Å². The van der Waals surface area contributed by atoms with Crippen molar-refractivity contribution in [2.45, 2.75) is 19.4 Å². The number of halogens is 2. The van der Waals surface area contributed by atoms with Crippen LogP contribution >= 0.6 is 23.2 Å². The van der Waals surface area contributed by atoms with E-state index < -0.39 is 5.54 Å². The Labute approximate surface area is 121 Å². The molecule has 0 aliphatic carbocycles. The van der Waals surface area contributed by atoms with E-state index in [0.717, 1.165) is 0 Å². The zero-order valence-corrected chi connectivity index (χ0v) is 12.1. The van der Waals surface area contributed by atoms with Crippen LogP contribution in [0.4, 0.5) is 11.6 Å². The van der Waals surface area contributed by atoms with E-state index in [2.05, 4.69) is 15.7 Å². The van der Waals surface area contributed by atoms with E-state index in [1.165, 1.54) is 0 Å². The number of amides is 1. The summed E-state index contributed by atoms with van der Waals surface area (Å²) in [5.74, 6) is 6.09. The topological polar surface area (TPSA) is 83.3 Å². The number of hydrogen-bond acceptors (Lipinski definition) is 5. The van der Waals surface area contributed by atoms with Crippen molar-refractivity contribution in [2.75, 3.05) is 23.4 Å². The molecule has 1 aliphatic rings. The number of pyridine rings is 1. The molecule has 0 radical (unpaired) electrons. The number of rotatable bonds is 2. The molecule has 19 heavy (non-hydrogen) atoms. The van der Waals surface area contributed by atoms with Crippen LogP contribution in [0.1, 0.15) is 13.8 Å². The number of hydrazine groups is 1. The number of carbonyl (C=O) groups excluding carboxylic acids is 1. The van der Waals surface area contributed by atoms with Crippen molar-refractivity contribution in [3.63, 3.8) is 0 Å². The molecule has 2 heterocycles. The van der Waals surface area contributed by atoms with E-state index in [9.17, 15) is 4.79 Å². The second-order valence-corrected chi connectivity index (χ2v) is 5.55. The van der Waals surface area contributed by atoms with Gasteiger partial charge in [-0.05, 0) is 19.9 Å². The summed E-state index contributed by atoms with van der Waals surface area (Å²) in [6.45, 7) is 4.76. The van der Waals surface area contributed by atoms with Gasteiger partial charge in [0.15, 0.2) is 11.6 Å². The normalized spacial score (nSPS) is 18.2. The molecule has 2 rings (SSSR count). The maximum Gasteiger partial charge on any atom is 0.245 e. The largest absolute Gasteiger partial charge is 0.352 e. The number of nitrogen functional groups attached to an aromatic ring is 1. The lowest BCUT2D eigenvalue weighted by molar-refractivity contribution is -0.126. The highest BCUT2D eigenvalue weighted by Gasteiger charge is 2.39. The summed E-state index contributed by atoms with van der Waals surface area (Å²) in [6.07, 6.45) is 0. The zero-order valence-electron chi connectivity index (χ0n) is 10.6. The fraction of sp³-hybridized carbons (Fsp3) is 0.455. The summed E-state index contributed by atoms with van der Waals surface area (Å²) in [5.41, 5.74) is 1.67. The zero-order chi connectivity index (χ0) is 14.2. The van der Waals surface area contributed by atoms with Crippen LogP contribution < -0.4 is 21.5 Å². The second-order valence-electron chi connectivity index (χ2n) is 4.74. The van der Waals surface area contributed by atoms with Gasteiger partial charge in [0, 0.05) is 13.1 Å². The summed E-state index contributed by atoms with van der Waals surface area (Å²) in [7, 11) is 0. The third-order valence-electron chi connectivity index (χ3n) is 3.15. The highest BCUT2D eigenvalue weighted by molar-refractivity contribution is 6.37. The number of nitrogens with zero attached hydrogens (tertiary/aromatic N) is 2. The fourth-order valence-corrected chi connectivity index (χ4v) is 2.53. The van der Waals surface area contributed by atoms with Gasteiger partial charge < -0.3 is 15.6 Å². The van der Waals surface area contributed by atoms with Gasteiger partial charge >= 0.3 is 0 Å². The third kappa shape index (κ3) is 2.43. The molecule has 1 aromatic rings. The SMILES string of the molecule is CC1(C)C(=O)NCCN1c1nc(NN)c(Cl)cc1Cl. The first-order chi connectivity index (χ1) is 8.87. The predicted octanol–water partition coefficient (Wildman–Crippen LogP) is 1.39. The van der Waals surface area contributed by atoms with Crippen LogP contribution in [0.2, 0.25) is 10.0 Å². The van der Waals surface area contributed by atoms with Crippen LogP contribution in [0, 0.1) is 0 Å². The molecule has 0 unspecified atom stereocenters. The monoisotopic (exact) mass is 303 g/mol. The van der Waals surface area contributed by atoms with Gasteiger partial charge in [-0.25, -0.2) is 10.8 Å². The molecule has 0 atom stereocenters. The Morgan fingerprint density at radius 3 is 2.79 bits per heavy atom. The van der Waals surface area contributed by atoms with Crippen LogP contribution in [0.5, 0.6) is 0 Å². The quantitative estimate of drug-likeness (QED) is 0.568. The van der Waals surface area contributed by atoms with E-state index in [1.54, 1.807) is 6.07 Å². The third-order valence-corrected chi connectivity index (χ3v) is 3.72. The number of piperazine rings is 1. The smallest absolute Gasteiger partial charge is 0.245 e. The van der Waals surface area contributed by atoms with E-state index in [0.29, 0.717) is 34.8 Å². The number of hydrogen-bond donors (Lipinski definition) is 3. The molecule has 1 aromatic heterocycles. The molecular weight excluding hydrogens is 289 g/mol. The molecule has 4 N–H and O–H groups in total. The molecule has 104 valence electrons. The lowest BCUT2D eigenvalue weighted by atomic mass is 9.99. The van der Waals surface area contributed by atoms with Crippen LogP contribution in [0.3, 0.4) is 0 Å². The Bertz CT molecular complexity index is 520. The van der Waals surface area contributed by atoms with Crippen LogP contribution in [-0.4, -0.2) is 29.5 Å². The Morgan fingerprint density at radius 2 is 2.16 bits per heavy atom. The van der Waals surface area contributed by atoms with Gasteiger partial charge in [0.25, 0.3) is 0 Å². The average molecular weight is 304 g/mol. The second kappa shape index (κ2) is 5.03. The van der Waals surface area contributed by atoms with Crippen molar-refractivity contribution < 1.29 is 4.79 Å². The maximum absolute atomic E-state index is 11.9. The van der Waals surface area contributed by atoms with E-state index in [1.807, 2.05) is 18.7 Å². The Balaban J connectivity index is 2.48. The lowest BCUT2D eigenvalue weighted by Gasteiger charge is -2.42. The molecule has 0 bridgehead atoms. The molecule has 8 heteroatoms.